The third-order valence-electron chi connectivity index (χ3n) is 5.11. The molecule has 0 aliphatic heterocycles. The van der Waals surface area contributed by atoms with Gasteiger partial charge in [-0.3, -0.25) is 9.59 Å². The molecule has 2 heterocycles. The van der Waals surface area contributed by atoms with Crippen LogP contribution in [0.25, 0.3) is 22.5 Å². The fourth-order valence-electron chi connectivity index (χ4n) is 3.43. The number of aromatic nitrogens is 2. The number of pyridine rings is 2. The molecular formula is C27H22N2O2. The van der Waals surface area contributed by atoms with Crippen molar-refractivity contribution in [3.63, 3.8) is 0 Å². The van der Waals surface area contributed by atoms with E-state index in [1.54, 1.807) is 19.1 Å². The highest BCUT2D eigenvalue weighted by Gasteiger charge is 2.22. The minimum Gasteiger partial charge on any atom is -0.292 e. The van der Waals surface area contributed by atoms with E-state index in [0.29, 0.717) is 11.4 Å². The van der Waals surface area contributed by atoms with E-state index in [-0.39, 0.29) is 18.0 Å². The van der Waals surface area contributed by atoms with Gasteiger partial charge >= 0.3 is 0 Å². The van der Waals surface area contributed by atoms with E-state index in [1.807, 2.05) is 84.9 Å². The Bertz CT molecular complexity index is 1200. The smallest absolute Gasteiger partial charge is 0.184 e. The number of carbonyl (C=O) groups excluding carboxylic acids is 2. The maximum Gasteiger partial charge on any atom is 0.184 e. The number of hydrogen-bond donors (Lipinski definition) is 0. The molecule has 0 amide bonds. The van der Waals surface area contributed by atoms with Gasteiger partial charge in [0, 0.05) is 23.5 Å². The normalized spacial score (nSPS) is 11.6. The predicted molar refractivity (Wildman–Crippen MR) is 122 cm³/mol. The highest BCUT2D eigenvalue weighted by atomic mass is 16.1. The summed E-state index contributed by atoms with van der Waals surface area (Å²) < 4.78 is 0. The first-order valence-electron chi connectivity index (χ1n) is 10.2. The molecule has 152 valence electrons. The van der Waals surface area contributed by atoms with Crippen LogP contribution in [0.1, 0.15) is 34.3 Å². The standard InChI is InChI=1S/C27H22N2O2/c1-19(27(31)25-17-9-15-23(29-25)21-12-6-3-7-13-21)18-26(30)24-16-8-14-22(28-24)20-10-4-2-5-11-20/h2-17,19H,18H2,1H3. The number of ketones is 2. The van der Waals surface area contributed by atoms with Gasteiger partial charge in [-0.15, -0.1) is 0 Å². The fourth-order valence-corrected chi connectivity index (χ4v) is 3.43. The van der Waals surface area contributed by atoms with E-state index in [9.17, 15) is 9.59 Å². The van der Waals surface area contributed by atoms with Crippen LogP contribution in [0, 0.1) is 5.92 Å². The summed E-state index contributed by atoms with van der Waals surface area (Å²) in [5.41, 5.74) is 4.11. The lowest BCUT2D eigenvalue weighted by molar-refractivity contribution is 0.0858. The molecule has 0 fully saturated rings. The van der Waals surface area contributed by atoms with Crippen LogP contribution in [0.4, 0.5) is 0 Å². The third kappa shape index (κ3) is 4.81. The lowest BCUT2D eigenvalue weighted by atomic mass is 9.95. The zero-order valence-corrected chi connectivity index (χ0v) is 17.2. The number of hydrogen-bond acceptors (Lipinski definition) is 4. The maximum atomic E-state index is 12.9. The summed E-state index contributed by atoms with van der Waals surface area (Å²) >= 11 is 0. The van der Waals surface area contributed by atoms with Crippen LogP contribution < -0.4 is 0 Å². The molecule has 31 heavy (non-hydrogen) atoms. The molecule has 1 atom stereocenters. The van der Waals surface area contributed by atoms with Crippen LogP contribution in [0.15, 0.2) is 97.1 Å². The molecule has 2 aromatic heterocycles. The van der Waals surface area contributed by atoms with E-state index in [4.69, 9.17) is 0 Å². The van der Waals surface area contributed by atoms with Crippen LogP contribution in [-0.2, 0) is 0 Å². The number of benzene rings is 2. The van der Waals surface area contributed by atoms with Gasteiger partial charge in [-0.05, 0) is 24.3 Å². The molecule has 0 aliphatic rings. The first kappa shape index (κ1) is 20.4. The molecule has 4 aromatic rings. The molecule has 0 saturated carbocycles. The zero-order chi connectivity index (χ0) is 21.6. The zero-order valence-electron chi connectivity index (χ0n) is 17.2. The van der Waals surface area contributed by atoms with Gasteiger partial charge in [-0.2, -0.15) is 0 Å². The number of carbonyl (C=O) groups is 2. The molecular weight excluding hydrogens is 384 g/mol. The molecule has 2 aromatic carbocycles. The van der Waals surface area contributed by atoms with Crippen molar-refractivity contribution in [1.29, 1.82) is 0 Å². The van der Waals surface area contributed by atoms with Gasteiger partial charge in [0.05, 0.1) is 11.4 Å². The molecule has 0 radical (unpaired) electrons. The van der Waals surface area contributed by atoms with Gasteiger partial charge in [-0.1, -0.05) is 79.7 Å². The monoisotopic (exact) mass is 406 g/mol. The summed E-state index contributed by atoms with van der Waals surface area (Å²) in [6.07, 6.45) is 0.0846. The van der Waals surface area contributed by atoms with Crippen molar-refractivity contribution in [2.75, 3.05) is 0 Å². The van der Waals surface area contributed by atoms with Crippen LogP contribution in [0.3, 0.4) is 0 Å². The molecule has 0 bridgehead atoms. The van der Waals surface area contributed by atoms with E-state index in [2.05, 4.69) is 9.97 Å². The molecule has 4 rings (SSSR count). The Morgan fingerprint density at radius 3 is 1.68 bits per heavy atom. The SMILES string of the molecule is CC(CC(=O)c1cccc(-c2ccccc2)n1)C(=O)c1cccc(-c2ccccc2)n1. The second kappa shape index (κ2) is 9.26. The fraction of sp³-hybridized carbons (Fsp3) is 0.111. The average Bonchev–Trinajstić information content (AvgIpc) is 2.84. The van der Waals surface area contributed by atoms with Crippen molar-refractivity contribution in [1.82, 2.24) is 9.97 Å². The quantitative estimate of drug-likeness (QED) is 0.358. The highest BCUT2D eigenvalue weighted by molar-refractivity contribution is 6.02. The minimum atomic E-state index is -0.492. The Hall–Kier alpha value is -3.92. The van der Waals surface area contributed by atoms with Gasteiger partial charge in [0.2, 0.25) is 0 Å². The van der Waals surface area contributed by atoms with Gasteiger partial charge in [0.25, 0.3) is 0 Å². The van der Waals surface area contributed by atoms with E-state index in [0.717, 1.165) is 22.5 Å². The van der Waals surface area contributed by atoms with E-state index < -0.39 is 5.92 Å². The lowest BCUT2D eigenvalue weighted by Gasteiger charge is -2.11. The Kier molecular flexibility index (Phi) is 6.08. The Balaban J connectivity index is 1.49. The van der Waals surface area contributed by atoms with Crippen LogP contribution >= 0.6 is 0 Å². The molecule has 1 unspecified atom stereocenters. The predicted octanol–water partition coefficient (Wildman–Crippen LogP) is 5.90. The summed E-state index contributed by atoms with van der Waals surface area (Å²) in [7, 11) is 0. The topological polar surface area (TPSA) is 59.9 Å². The van der Waals surface area contributed by atoms with Gasteiger partial charge in [-0.25, -0.2) is 9.97 Å². The van der Waals surface area contributed by atoms with Crippen LogP contribution in [0.2, 0.25) is 0 Å². The van der Waals surface area contributed by atoms with Crippen molar-refractivity contribution < 1.29 is 9.59 Å². The van der Waals surface area contributed by atoms with Crippen LogP contribution in [-0.4, -0.2) is 21.5 Å². The summed E-state index contributed by atoms with van der Waals surface area (Å²) in [5.74, 6) is -0.795. The van der Waals surface area contributed by atoms with Crippen molar-refractivity contribution in [3.8, 4) is 22.5 Å². The largest absolute Gasteiger partial charge is 0.292 e. The van der Waals surface area contributed by atoms with E-state index in [1.165, 1.54) is 0 Å². The summed E-state index contributed by atoms with van der Waals surface area (Å²) in [6.45, 7) is 1.76. The first-order chi connectivity index (χ1) is 15.1. The molecule has 0 aliphatic carbocycles. The Morgan fingerprint density at radius 2 is 1.13 bits per heavy atom. The number of rotatable bonds is 7. The van der Waals surface area contributed by atoms with Crippen molar-refractivity contribution in [2.24, 2.45) is 5.92 Å². The Labute approximate surface area is 181 Å². The van der Waals surface area contributed by atoms with Gasteiger partial charge in [0.15, 0.2) is 11.6 Å². The summed E-state index contributed by atoms with van der Waals surface area (Å²) in [4.78, 5) is 34.8. The summed E-state index contributed by atoms with van der Waals surface area (Å²) in [6, 6.07) is 30.2. The molecule has 4 nitrogen and oxygen atoms in total. The van der Waals surface area contributed by atoms with E-state index >= 15 is 0 Å². The highest BCUT2D eigenvalue weighted by Crippen LogP contribution is 2.21. The lowest BCUT2D eigenvalue weighted by Crippen LogP contribution is -2.18. The third-order valence-corrected chi connectivity index (χ3v) is 5.11. The number of Topliss-reactive ketones (excluding diaryl/α,β-unsaturated/α-hetero) is 2. The first-order valence-corrected chi connectivity index (χ1v) is 10.2. The van der Waals surface area contributed by atoms with Crippen molar-refractivity contribution in [3.05, 3.63) is 108 Å². The average molecular weight is 406 g/mol. The van der Waals surface area contributed by atoms with Crippen molar-refractivity contribution in [2.45, 2.75) is 13.3 Å². The van der Waals surface area contributed by atoms with Gasteiger partial charge < -0.3 is 0 Å². The second-order valence-corrected chi connectivity index (χ2v) is 7.44. The Morgan fingerprint density at radius 1 is 0.645 bits per heavy atom. The number of nitrogens with zero attached hydrogens (tertiary/aromatic N) is 2. The minimum absolute atomic E-state index is 0.0846. The molecule has 0 spiro atoms. The molecule has 0 saturated heterocycles. The second-order valence-electron chi connectivity index (χ2n) is 7.44. The molecule has 4 heteroatoms. The van der Waals surface area contributed by atoms with Gasteiger partial charge in [0.1, 0.15) is 11.4 Å². The summed E-state index contributed by atoms with van der Waals surface area (Å²) in [5, 5.41) is 0. The molecule has 0 N–H and O–H groups in total. The van der Waals surface area contributed by atoms with Crippen molar-refractivity contribution >= 4 is 11.6 Å². The maximum absolute atomic E-state index is 12.9. The van der Waals surface area contributed by atoms with Crippen LogP contribution in [0.5, 0.6) is 0 Å².